The Bertz CT molecular complexity index is 699. The van der Waals surface area contributed by atoms with Gasteiger partial charge >= 0.3 is 0 Å². The van der Waals surface area contributed by atoms with E-state index in [1.165, 1.54) is 0 Å². The summed E-state index contributed by atoms with van der Waals surface area (Å²) in [5.74, 6) is 0. The van der Waals surface area contributed by atoms with Crippen molar-refractivity contribution in [3.63, 3.8) is 0 Å². The molecule has 0 saturated carbocycles. The standard InChI is InChI=1S/C18H27N3O2/c1-14-16(12-19-13-18(2,3)10-11-22)17(23)21(20(14)4)15-8-6-5-7-9-15/h5-9,19,22H,10-13H2,1-4H3. The second-order valence-corrected chi connectivity index (χ2v) is 6.78. The maximum Gasteiger partial charge on any atom is 0.276 e. The highest BCUT2D eigenvalue weighted by Gasteiger charge is 2.19. The van der Waals surface area contributed by atoms with Crippen LogP contribution in [0.25, 0.3) is 5.69 Å². The topological polar surface area (TPSA) is 59.2 Å². The zero-order valence-corrected chi connectivity index (χ0v) is 14.5. The van der Waals surface area contributed by atoms with Crippen LogP contribution in [0.3, 0.4) is 0 Å². The molecular weight excluding hydrogens is 290 g/mol. The summed E-state index contributed by atoms with van der Waals surface area (Å²) in [6, 6.07) is 9.67. The first-order chi connectivity index (χ1) is 10.9. The molecule has 5 nitrogen and oxygen atoms in total. The van der Waals surface area contributed by atoms with Crippen LogP contribution in [0, 0.1) is 12.3 Å². The molecule has 0 saturated heterocycles. The number of aromatic nitrogens is 2. The first-order valence-electron chi connectivity index (χ1n) is 8.02. The highest BCUT2D eigenvalue weighted by molar-refractivity contribution is 5.33. The van der Waals surface area contributed by atoms with E-state index in [0.29, 0.717) is 6.54 Å². The summed E-state index contributed by atoms with van der Waals surface area (Å²) in [6.45, 7) is 7.66. The van der Waals surface area contributed by atoms with E-state index in [4.69, 9.17) is 5.11 Å². The Labute approximate surface area is 137 Å². The van der Waals surface area contributed by atoms with Crippen LogP contribution in [0.2, 0.25) is 0 Å². The number of rotatable bonds is 7. The van der Waals surface area contributed by atoms with Crippen LogP contribution in [-0.4, -0.2) is 27.6 Å². The molecule has 126 valence electrons. The van der Waals surface area contributed by atoms with Crippen molar-refractivity contribution in [2.75, 3.05) is 13.2 Å². The van der Waals surface area contributed by atoms with Gasteiger partial charge in [0.25, 0.3) is 5.56 Å². The quantitative estimate of drug-likeness (QED) is 0.821. The van der Waals surface area contributed by atoms with Crippen molar-refractivity contribution in [2.24, 2.45) is 12.5 Å². The summed E-state index contributed by atoms with van der Waals surface area (Å²) in [5, 5.41) is 12.5. The van der Waals surface area contributed by atoms with E-state index in [-0.39, 0.29) is 17.6 Å². The van der Waals surface area contributed by atoms with Crippen LogP contribution < -0.4 is 10.9 Å². The summed E-state index contributed by atoms with van der Waals surface area (Å²) < 4.78 is 3.60. The summed E-state index contributed by atoms with van der Waals surface area (Å²) in [6.07, 6.45) is 0.738. The maximum atomic E-state index is 12.8. The van der Waals surface area contributed by atoms with Crippen LogP contribution in [0.15, 0.2) is 35.1 Å². The average molecular weight is 317 g/mol. The lowest BCUT2D eigenvalue weighted by Crippen LogP contribution is -2.31. The van der Waals surface area contributed by atoms with E-state index >= 15 is 0 Å². The molecule has 1 aromatic heterocycles. The fourth-order valence-corrected chi connectivity index (χ4v) is 2.74. The predicted octanol–water partition coefficient (Wildman–Crippen LogP) is 1.98. The lowest BCUT2D eigenvalue weighted by Gasteiger charge is -2.23. The van der Waals surface area contributed by atoms with Gasteiger partial charge in [-0.1, -0.05) is 32.0 Å². The van der Waals surface area contributed by atoms with Gasteiger partial charge in [-0.2, -0.15) is 0 Å². The Kier molecular flexibility index (Phi) is 5.44. The molecule has 5 heteroatoms. The van der Waals surface area contributed by atoms with Crippen LogP contribution in [0.4, 0.5) is 0 Å². The van der Waals surface area contributed by atoms with Crippen molar-refractivity contribution in [1.29, 1.82) is 0 Å². The van der Waals surface area contributed by atoms with Crippen LogP contribution in [0.1, 0.15) is 31.5 Å². The van der Waals surface area contributed by atoms with Gasteiger partial charge in [-0.05, 0) is 30.9 Å². The molecular formula is C18H27N3O2. The molecule has 0 bridgehead atoms. The fourth-order valence-electron chi connectivity index (χ4n) is 2.74. The van der Waals surface area contributed by atoms with Gasteiger partial charge in [0.15, 0.2) is 0 Å². The molecule has 1 heterocycles. The summed E-state index contributed by atoms with van der Waals surface area (Å²) in [4.78, 5) is 12.8. The number of nitrogens with zero attached hydrogens (tertiary/aromatic N) is 2. The first-order valence-corrected chi connectivity index (χ1v) is 8.02. The van der Waals surface area contributed by atoms with Crippen molar-refractivity contribution in [3.8, 4) is 5.69 Å². The Morgan fingerprint density at radius 1 is 1.22 bits per heavy atom. The van der Waals surface area contributed by atoms with Gasteiger partial charge in [-0.3, -0.25) is 9.48 Å². The van der Waals surface area contributed by atoms with Crippen molar-refractivity contribution in [3.05, 3.63) is 51.9 Å². The summed E-state index contributed by atoms with van der Waals surface area (Å²) in [5.41, 5.74) is 2.65. The van der Waals surface area contributed by atoms with Gasteiger partial charge in [0, 0.05) is 32.4 Å². The number of aliphatic hydroxyl groups excluding tert-OH is 1. The Morgan fingerprint density at radius 3 is 2.48 bits per heavy atom. The molecule has 0 aliphatic heterocycles. The Hall–Kier alpha value is -1.85. The number of aliphatic hydroxyl groups is 1. The van der Waals surface area contributed by atoms with Gasteiger partial charge in [0.1, 0.15) is 0 Å². The molecule has 0 aliphatic carbocycles. The molecule has 0 unspecified atom stereocenters. The third-order valence-electron chi connectivity index (χ3n) is 4.37. The smallest absolute Gasteiger partial charge is 0.276 e. The molecule has 0 atom stereocenters. The molecule has 0 aliphatic rings. The zero-order valence-electron chi connectivity index (χ0n) is 14.5. The largest absolute Gasteiger partial charge is 0.396 e. The van der Waals surface area contributed by atoms with E-state index < -0.39 is 0 Å². The van der Waals surface area contributed by atoms with Gasteiger partial charge in [-0.25, -0.2) is 4.68 Å². The average Bonchev–Trinajstić information content (AvgIpc) is 2.71. The van der Waals surface area contributed by atoms with E-state index in [1.54, 1.807) is 4.68 Å². The van der Waals surface area contributed by atoms with Gasteiger partial charge in [-0.15, -0.1) is 0 Å². The number of benzene rings is 1. The molecule has 1 aromatic carbocycles. The fraction of sp³-hybridized carbons (Fsp3) is 0.500. The highest BCUT2D eigenvalue weighted by Crippen LogP contribution is 2.18. The Morgan fingerprint density at radius 2 is 1.87 bits per heavy atom. The number of para-hydroxylation sites is 1. The number of hydrogen-bond donors (Lipinski definition) is 2. The SMILES string of the molecule is Cc1c(CNCC(C)(C)CCO)c(=O)n(-c2ccccc2)n1C. The molecule has 0 spiro atoms. The van der Waals surface area contributed by atoms with E-state index in [9.17, 15) is 4.79 Å². The summed E-state index contributed by atoms with van der Waals surface area (Å²) >= 11 is 0. The first kappa shape index (κ1) is 17.5. The number of nitrogens with one attached hydrogen (secondary N) is 1. The molecule has 0 radical (unpaired) electrons. The third kappa shape index (κ3) is 3.92. The monoisotopic (exact) mass is 317 g/mol. The predicted molar refractivity (Wildman–Crippen MR) is 92.9 cm³/mol. The Balaban J connectivity index is 2.20. The second kappa shape index (κ2) is 7.15. The second-order valence-electron chi connectivity index (χ2n) is 6.78. The third-order valence-corrected chi connectivity index (χ3v) is 4.37. The normalized spacial score (nSPS) is 11.9. The number of hydrogen-bond acceptors (Lipinski definition) is 3. The minimum absolute atomic E-state index is 0.00981. The minimum atomic E-state index is 0.00981. The van der Waals surface area contributed by atoms with Crippen LogP contribution in [-0.2, 0) is 13.6 Å². The zero-order chi connectivity index (χ0) is 17.0. The molecule has 0 amide bonds. The van der Waals surface area contributed by atoms with E-state index in [0.717, 1.165) is 29.9 Å². The maximum absolute atomic E-state index is 12.8. The van der Waals surface area contributed by atoms with E-state index in [2.05, 4.69) is 19.2 Å². The molecule has 2 aromatic rings. The van der Waals surface area contributed by atoms with Gasteiger partial charge in [0.05, 0.1) is 11.3 Å². The molecule has 23 heavy (non-hydrogen) atoms. The van der Waals surface area contributed by atoms with E-state index in [1.807, 2.05) is 49.0 Å². The van der Waals surface area contributed by atoms with Crippen molar-refractivity contribution >= 4 is 0 Å². The minimum Gasteiger partial charge on any atom is -0.396 e. The molecule has 2 N–H and O–H groups in total. The lowest BCUT2D eigenvalue weighted by atomic mass is 9.90. The lowest BCUT2D eigenvalue weighted by molar-refractivity contribution is 0.207. The summed E-state index contributed by atoms with van der Waals surface area (Å²) in [7, 11) is 1.91. The van der Waals surface area contributed by atoms with Crippen molar-refractivity contribution in [2.45, 2.75) is 33.7 Å². The highest BCUT2D eigenvalue weighted by atomic mass is 16.3. The van der Waals surface area contributed by atoms with Crippen LogP contribution >= 0.6 is 0 Å². The van der Waals surface area contributed by atoms with Crippen LogP contribution in [0.5, 0.6) is 0 Å². The molecule has 0 fully saturated rings. The molecule has 2 rings (SSSR count). The van der Waals surface area contributed by atoms with Crippen molar-refractivity contribution < 1.29 is 5.11 Å². The van der Waals surface area contributed by atoms with Gasteiger partial charge in [0.2, 0.25) is 0 Å². The van der Waals surface area contributed by atoms with Crippen molar-refractivity contribution in [1.82, 2.24) is 14.7 Å². The van der Waals surface area contributed by atoms with Gasteiger partial charge < -0.3 is 10.4 Å².